The number of carbonyl (C=O) groups excluding carboxylic acids is 1. The smallest absolute Gasteiger partial charge is 0.377 e. The molecule has 1 aliphatic rings. The summed E-state index contributed by atoms with van der Waals surface area (Å²) in [5.41, 5.74) is -0.217. The normalized spacial score (nSPS) is 28.2. The van der Waals surface area contributed by atoms with Gasteiger partial charge in [-0.1, -0.05) is 0 Å². The number of nitrogens with zero attached hydrogens (tertiary/aromatic N) is 1. The van der Waals surface area contributed by atoms with Crippen LogP contribution < -0.4 is 10.1 Å². The third kappa shape index (κ3) is 4.07. The van der Waals surface area contributed by atoms with E-state index in [-0.39, 0.29) is 11.4 Å². The molecule has 0 saturated carbocycles. The lowest BCUT2D eigenvalue weighted by molar-refractivity contribution is -0.384. The molecule has 0 bridgehead atoms. The highest BCUT2D eigenvalue weighted by atomic mass is 16.7. The summed E-state index contributed by atoms with van der Waals surface area (Å²) < 4.78 is 10.7. The largest absolute Gasteiger partial charge is 0.476 e. The molecule has 0 aromatic heterocycles. The van der Waals surface area contributed by atoms with Crippen LogP contribution >= 0.6 is 0 Å². The van der Waals surface area contributed by atoms with Gasteiger partial charge in [-0.05, 0) is 12.1 Å². The Morgan fingerprint density at radius 3 is 2.50 bits per heavy atom. The number of nitro benzene ring substituents is 1. The van der Waals surface area contributed by atoms with Gasteiger partial charge in [-0.2, -0.15) is 0 Å². The molecule has 11 heteroatoms. The molecule has 4 atom stereocenters. The van der Waals surface area contributed by atoms with Crippen LogP contribution in [0.25, 0.3) is 0 Å². The van der Waals surface area contributed by atoms with Gasteiger partial charge in [0.15, 0.2) is 0 Å². The second kappa shape index (κ2) is 7.64. The van der Waals surface area contributed by atoms with Crippen LogP contribution in [-0.2, 0) is 14.3 Å². The molecule has 2 rings (SSSR count). The summed E-state index contributed by atoms with van der Waals surface area (Å²) in [7, 11) is 0. The maximum atomic E-state index is 11.8. The molecule has 26 heavy (non-hydrogen) atoms. The predicted molar refractivity (Wildman–Crippen MR) is 84.3 cm³/mol. The monoisotopic (exact) mass is 370 g/mol. The molecular formula is C15H18N2O9. The maximum Gasteiger partial charge on any atom is 0.377 e. The minimum atomic E-state index is -2.34. The van der Waals surface area contributed by atoms with Crippen LogP contribution in [0.15, 0.2) is 24.3 Å². The van der Waals surface area contributed by atoms with E-state index in [0.717, 1.165) is 12.1 Å². The summed E-state index contributed by atoms with van der Waals surface area (Å²) in [5.74, 6) is -4.43. The summed E-state index contributed by atoms with van der Waals surface area (Å²) in [6, 6.07) is 3.59. The molecule has 1 aromatic carbocycles. The van der Waals surface area contributed by atoms with Crippen molar-refractivity contribution < 1.29 is 39.3 Å². The number of nitrogens with one attached hydrogen (secondary N) is 1. The third-order valence-electron chi connectivity index (χ3n) is 3.84. The van der Waals surface area contributed by atoms with Crippen molar-refractivity contribution in [3.05, 3.63) is 34.4 Å². The summed E-state index contributed by atoms with van der Waals surface area (Å²) in [6.07, 6.45) is -3.16. The van der Waals surface area contributed by atoms with Crippen LogP contribution in [0.5, 0.6) is 5.75 Å². The number of carboxylic acid groups (broad SMARTS) is 1. The average Bonchev–Trinajstić information content (AvgIpc) is 2.57. The van der Waals surface area contributed by atoms with Crippen molar-refractivity contribution in [3.8, 4) is 5.75 Å². The average molecular weight is 370 g/mol. The van der Waals surface area contributed by atoms with Crippen LogP contribution in [-0.4, -0.2) is 62.8 Å². The molecule has 1 saturated heterocycles. The Bertz CT molecular complexity index is 693. The molecule has 1 fully saturated rings. The minimum absolute atomic E-state index is 0.0418. The van der Waals surface area contributed by atoms with E-state index in [0.29, 0.717) is 0 Å². The summed E-state index contributed by atoms with van der Waals surface area (Å²) in [4.78, 5) is 33.0. The van der Waals surface area contributed by atoms with E-state index in [1.165, 1.54) is 19.1 Å². The van der Waals surface area contributed by atoms with Gasteiger partial charge < -0.3 is 30.1 Å². The number of carboxylic acids is 1. The zero-order valence-electron chi connectivity index (χ0n) is 13.7. The van der Waals surface area contributed by atoms with Crippen LogP contribution in [0.2, 0.25) is 0 Å². The fourth-order valence-electron chi connectivity index (χ4n) is 2.66. The van der Waals surface area contributed by atoms with Crippen LogP contribution in [0.3, 0.4) is 0 Å². The number of aliphatic hydroxyl groups excluding tert-OH is 2. The van der Waals surface area contributed by atoms with E-state index in [1.54, 1.807) is 0 Å². The Kier molecular flexibility index (Phi) is 5.75. The number of rotatable bonds is 6. The summed E-state index contributed by atoms with van der Waals surface area (Å²) in [6.45, 7) is 0.522. The van der Waals surface area contributed by atoms with Gasteiger partial charge in [0, 0.05) is 19.1 Å². The summed E-state index contributed by atoms with van der Waals surface area (Å²) in [5, 5.41) is 42.3. The van der Waals surface area contributed by atoms with E-state index in [2.05, 4.69) is 5.32 Å². The Morgan fingerprint density at radius 1 is 1.42 bits per heavy atom. The lowest BCUT2D eigenvalue weighted by Crippen LogP contribution is -2.65. The number of aliphatic carboxylic acids is 1. The first-order valence-electron chi connectivity index (χ1n) is 7.59. The third-order valence-corrected chi connectivity index (χ3v) is 3.84. The highest BCUT2D eigenvalue weighted by Gasteiger charge is 2.54. The highest BCUT2D eigenvalue weighted by molar-refractivity contribution is 5.77. The molecule has 0 spiro atoms. The van der Waals surface area contributed by atoms with E-state index in [1.807, 2.05) is 0 Å². The van der Waals surface area contributed by atoms with Gasteiger partial charge in [0.1, 0.15) is 11.9 Å². The number of non-ortho nitro benzene ring substituents is 1. The second-order valence-corrected chi connectivity index (χ2v) is 5.75. The molecule has 11 nitrogen and oxygen atoms in total. The SMILES string of the molecule is CC(=O)N[C@H]1[C@H](CO)O[C@@](Oc2ccc([N+](=O)[O-])cc2)(C(=O)O)C[C@@H]1O. The first-order valence-corrected chi connectivity index (χ1v) is 7.59. The second-order valence-electron chi connectivity index (χ2n) is 5.75. The van der Waals surface area contributed by atoms with Crippen molar-refractivity contribution in [1.82, 2.24) is 5.32 Å². The van der Waals surface area contributed by atoms with Crippen molar-refractivity contribution in [2.45, 2.75) is 37.4 Å². The van der Waals surface area contributed by atoms with Gasteiger partial charge in [-0.25, -0.2) is 4.79 Å². The molecule has 1 aromatic rings. The van der Waals surface area contributed by atoms with Crippen LogP contribution in [0.1, 0.15) is 13.3 Å². The quantitative estimate of drug-likeness (QED) is 0.377. The van der Waals surface area contributed by atoms with E-state index >= 15 is 0 Å². The number of hydrogen-bond acceptors (Lipinski definition) is 8. The van der Waals surface area contributed by atoms with Crippen molar-refractivity contribution >= 4 is 17.6 Å². The Hall–Kier alpha value is -2.76. The molecular weight excluding hydrogens is 352 g/mol. The van der Waals surface area contributed by atoms with Gasteiger partial charge in [0.2, 0.25) is 5.91 Å². The summed E-state index contributed by atoms with van der Waals surface area (Å²) >= 11 is 0. The zero-order chi connectivity index (χ0) is 19.5. The van der Waals surface area contributed by atoms with Gasteiger partial charge in [0.05, 0.1) is 30.1 Å². The van der Waals surface area contributed by atoms with Crippen molar-refractivity contribution in [2.24, 2.45) is 0 Å². The fourth-order valence-corrected chi connectivity index (χ4v) is 2.66. The molecule has 1 heterocycles. The lowest BCUT2D eigenvalue weighted by atomic mass is 9.93. The number of hydrogen-bond donors (Lipinski definition) is 4. The van der Waals surface area contributed by atoms with Crippen molar-refractivity contribution in [2.75, 3.05) is 6.61 Å². The molecule has 4 N–H and O–H groups in total. The van der Waals surface area contributed by atoms with Crippen molar-refractivity contribution in [1.29, 1.82) is 0 Å². The topological polar surface area (TPSA) is 168 Å². The van der Waals surface area contributed by atoms with E-state index in [9.17, 15) is 35.0 Å². The maximum absolute atomic E-state index is 11.8. The van der Waals surface area contributed by atoms with Gasteiger partial charge in [0.25, 0.3) is 5.69 Å². The van der Waals surface area contributed by atoms with Gasteiger partial charge in [-0.3, -0.25) is 14.9 Å². The Morgan fingerprint density at radius 2 is 2.04 bits per heavy atom. The predicted octanol–water partition coefficient (Wildman–Crippen LogP) is -0.599. The molecule has 0 unspecified atom stereocenters. The minimum Gasteiger partial charge on any atom is -0.476 e. The number of ether oxygens (including phenoxy) is 2. The number of nitro groups is 1. The zero-order valence-corrected chi connectivity index (χ0v) is 13.7. The standard InChI is InChI=1S/C15H18N2O9/c1-8(19)16-13-11(20)6-15(14(21)22,26-12(13)7-18)25-10-4-2-9(3-5-10)17(23)24/h2-5,11-13,18,20H,6-7H2,1H3,(H,16,19)(H,21,22)/t11-,12-,13+,15+/m0/s1. The van der Waals surface area contributed by atoms with Crippen molar-refractivity contribution in [3.63, 3.8) is 0 Å². The molecule has 0 radical (unpaired) electrons. The highest BCUT2D eigenvalue weighted by Crippen LogP contribution is 2.33. The number of amides is 1. The number of aliphatic hydroxyl groups is 2. The van der Waals surface area contributed by atoms with Gasteiger partial charge >= 0.3 is 11.8 Å². The molecule has 142 valence electrons. The van der Waals surface area contributed by atoms with Crippen LogP contribution in [0.4, 0.5) is 5.69 Å². The molecule has 1 aliphatic heterocycles. The van der Waals surface area contributed by atoms with Crippen LogP contribution in [0, 0.1) is 10.1 Å². The Labute approximate surface area is 147 Å². The first-order chi connectivity index (χ1) is 12.2. The number of benzene rings is 1. The molecule has 0 aliphatic carbocycles. The van der Waals surface area contributed by atoms with E-state index < -0.39 is 53.9 Å². The number of carbonyl (C=O) groups is 2. The first kappa shape index (κ1) is 19.6. The van der Waals surface area contributed by atoms with E-state index in [4.69, 9.17) is 9.47 Å². The lowest BCUT2D eigenvalue weighted by Gasteiger charge is -2.43. The Balaban J connectivity index is 2.28. The molecule has 1 amide bonds. The fraction of sp³-hybridized carbons (Fsp3) is 0.467. The van der Waals surface area contributed by atoms with Gasteiger partial charge in [-0.15, -0.1) is 0 Å².